The summed E-state index contributed by atoms with van der Waals surface area (Å²) in [6, 6.07) is 9.06. The van der Waals surface area contributed by atoms with E-state index in [2.05, 4.69) is 4.85 Å². The van der Waals surface area contributed by atoms with Crippen LogP contribution in [0.5, 0.6) is 5.75 Å². The van der Waals surface area contributed by atoms with Gasteiger partial charge in [-0.1, -0.05) is 11.6 Å². The average molecular weight is 427 g/mol. The number of β-amino-alcohol motifs (C(OH)–C–C–N with tert-alkyl or cyclic N) is 1. The van der Waals surface area contributed by atoms with E-state index in [-0.39, 0.29) is 22.9 Å². The van der Waals surface area contributed by atoms with Crippen LogP contribution in [0.25, 0.3) is 4.85 Å². The van der Waals surface area contributed by atoms with Crippen molar-refractivity contribution in [3.63, 3.8) is 0 Å². The number of aliphatic hydroxyl groups excluding tert-OH is 1. The molecule has 1 heterocycles. The Labute approximate surface area is 166 Å². The van der Waals surface area contributed by atoms with Crippen LogP contribution in [0.1, 0.15) is 0 Å². The molecular weight excluding hydrogens is 411 g/mol. The Kier molecular flexibility index (Phi) is 5.61. The lowest BCUT2D eigenvalue weighted by atomic mass is 10.0. The van der Waals surface area contributed by atoms with Crippen LogP contribution in [0.4, 0.5) is 10.1 Å². The Bertz CT molecular complexity index is 1030. The first kappa shape index (κ1) is 20.5. The summed E-state index contributed by atoms with van der Waals surface area (Å²) in [7, 11) is -3.97. The largest absolute Gasteiger partial charge is 0.486 e. The third kappa shape index (κ3) is 3.83. The second-order valence-electron chi connectivity index (χ2n) is 6.34. The summed E-state index contributed by atoms with van der Waals surface area (Å²) < 4.78 is 46.0. The maximum atomic E-state index is 13.8. The maximum Gasteiger partial charge on any atom is 0.243 e. The molecule has 2 N–H and O–H groups in total. The minimum Gasteiger partial charge on any atom is -0.486 e. The van der Waals surface area contributed by atoms with Crippen LogP contribution < -0.4 is 4.74 Å². The molecule has 2 aromatic rings. The molecule has 2 aromatic carbocycles. The highest BCUT2D eigenvalue weighted by atomic mass is 35.5. The van der Waals surface area contributed by atoms with Crippen LogP contribution in [0, 0.1) is 12.4 Å². The number of nitrogens with zero attached hydrogens (tertiary/aromatic N) is 2. The van der Waals surface area contributed by atoms with Gasteiger partial charge < -0.3 is 14.9 Å². The van der Waals surface area contributed by atoms with Crippen molar-refractivity contribution in [1.82, 2.24) is 4.31 Å². The van der Waals surface area contributed by atoms with E-state index in [1.54, 1.807) is 0 Å². The van der Waals surface area contributed by atoms with Crippen molar-refractivity contribution in [2.24, 2.45) is 0 Å². The Morgan fingerprint density at radius 1 is 1.32 bits per heavy atom. The number of aliphatic hydroxyl groups is 2. The predicted octanol–water partition coefficient (Wildman–Crippen LogP) is 2.21. The smallest absolute Gasteiger partial charge is 0.243 e. The molecule has 0 bridgehead atoms. The summed E-state index contributed by atoms with van der Waals surface area (Å²) in [6.07, 6.45) is -1.14. The first-order chi connectivity index (χ1) is 13.2. The highest BCUT2D eigenvalue weighted by Gasteiger charge is 2.50. The number of hydrogen-bond donors (Lipinski definition) is 2. The van der Waals surface area contributed by atoms with Gasteiger partial charge in [0, 0.05) is 17.6 Å². The van der Waals surface area contributed by atoms with E-state index >= 15 is 0 Å². The zero-order valence-electron chi connectivity index (χ0n) is 14.4. The highest BCUT2D eigenvalue weighted by molar-refractivity contribution is 7.89. The fourth-order valence-electron chi connectivity index (χ4n) is 2.88. The van der Waals surface area contributed by atoms with Gasteiger partial charge in [-0.25, -0.2) is 17.7 Å². The zero-order chi connectivity index (χ0) is 20.5. The molecule has 0 amide bonds. The topological polar surface area (TPSA) is 91.4 Å². The first-order valence-corrected chi connectivity index (χ1v) is 9.94. The summed E-state index contributed by atoms with van der Waals surface area (Å²) in [6.45, 7) is 5.44. The maximum absolute atomic E-state index is 13.8. The van der Waals surface area contributed by atoms with E-state index in [0.29, 0.717) is 5.02 Å². The summed E-state index contributed by atoms with van der Waals surface area (Å²) in [4.78, 5) is 2.98. The van der Waals surface area contributed by atoms with Crippen molar-refractivity contribution < 1.29 is 27.8 Å². The van der Waals surface area contributed by atoms with Gasteiger partial charge in [0.05, 0.1) is 24.6 Å². The van der Waals surface area contributed by atoms with E-state index in [4.69, 9.17) is 22.9 Å². The Morgan fingerprint density at radius 2 is 2.00 bits per heavy atom. The molecule has 0 aliphatic carbocycles. The van der Waals surface area contributed by atoms with E-state index < -0.39 is 40.7 Å². The monoisotopic (exact) mass is 426 g/mol. The zero-order valence-corrected chi connectivity index (χ0v) is 16.0. The Balaban J connectivity index is 1.86. The molecule has 0 spiro atoms. The Hall–Kier alpha value is -2.22. The van der Waals surface area contributed by atoms with Crippen LogP contribution in [-0.2, 0) is 10.0 Å². The molecule has 1 saturated heterocycles. The molecule has 1 fully saturated rings. The number of hydrogen-bond acceptors (Lipinski definition) is 5. The quantitative estimate of drug-likeness (QED) is 0.715. The second kappa shape index (κ2) is 7.66. The van der Waals surface area contributed by atoms with E-state index in [1.165, 1.54) is 36.4 Å². The summed E-state index contributed by atoms with van der Waals surface area (Å²) in [5, 5.41) is 20.7. The lowest BCUT2D eigenvalue weighted by molar-refractivity contribution is -0.0641. The second-order valence-corrected chi connectivity index (χ2v) is 8.72. The highest BCUT2D eigenvalue weighted by Crippen LogP contribution is 2.32. The molecule has 3 rings (SSSR count). The fourth-order valence-corrected chi connectivity index (χ4v) is 4.51. The van der Waals surface area contributed by atoms with Gasteiger partial charge in [-0.05, 0) is 36.4 Å². The number of halogens is 2. The van der Waals surface area contributed by atoms with Crippen molar-refractivity contribution in [1.29, 1.82) is 0 Å². The molecule has 1 aliphatic rings. The number of benzene rings is 2. The van der Waals surface area contributed by atoms with Crippen molar-refractivity contribution in [3.05, 3.63) is 64.7 Å². The Morgan fingerprint density at radius 3 is 2.57 bits per heavy atom. The lowest BCUT2D eigenvalue weighted by Crippen LogP contribution is -2.48. The SMILES string of the molecule is [C-]#[N+]c1ccc(O[C@H]2CN(S(=O)(=O)c3ccc(Cl)cc3)C[C@@]2(O)CO)cc1F. The normalized spacial score (nSPS) is 22.8. The van der Waals surface area contributed by atoms with Crippen LogP contribution >= 0.6 is 11.6 Å². The van der Waals surface area contributed by atoms with Crippen molar-refractivity contribution in [3.8, 4) is 5.75 Å². The van der Waals surface area contributed by atoms with Gasteiger partial charge in [0.1, 0.15) is 23.3 Å². The molecule has 1 aliphatic heterocycles. The van der Waals surface area contributed by atoms with Crippen molar-refractivity contribution >= 4 is 27.3 Å². The number of rotatable bonds is 5. The van der Waals surface area contributed by atoms with Gasteiger partial charge in [0.15, 0.2) is 0 Å². The summed E-state index contributed by atoms with van der Waals surface area (Å²) in [5.41, 5.74) is -2.07. The molecule has 0 unspecified atom stereocenters. The molecule has 0 radical (unpaired) electrons. The van der Waals surface area contributed by atoms with Crippen LogP contribution in [-0.4, -0.2) is 54.3 Å². The molecule has 10 heteroatoms. The van der Waals surface area contributed by atoms with E-state index in [9.17, 15) is 23.0 Å². The predicted molar refractivity (Wildman–Crippen MR) is 99.3 cm³/mol. The molecule has 0 saturated carbocycles. The van der Waals surface area contributed by atoms with E-state index in [1.807, 2.05) is 0 Å². The fraction of sp³-hybridized carbons (Fsp3) is 0.278. The van der Waals surface area contributed by atoms with Crippen molar-refractivity contribution in [2.45, 2.75) is 16.6 Å². The van der Waals surface area contributed by atoms with Gasteiger partial charge >= 0.3 is 0 Å². The number of sulfonamides is 1. The van der Waals surface area contributed by atoms with Crippen molar-refractivity contribution in [2.75, 3.05) is 19.7 Å². The minimum atomic E-state index is -3.97. The molecule has 7 nitrogen and oxygen atoms in total. The molecule has 148 valence electrons. The summed E-state index contributed by atoms with van der Waals surface area (Å²) in [5.74, 6) is -0.795. The summed E-state index contributed by atoms with van der Waals surface area (Å²) >= 11 is 5.79. The molecular formula is C18H16ClFN2O5S. The van der Waals surface area contributed by atoms with Gasteiger partial charge in [-0.3, -0.25) is 0 Å². The van der Waals surface area contributed by atoms with Crippen LogP contribution in [0.3, 0.4) is 0 Å². The van der Waals surface area contributed by atoms with Gasteiger partial charge in [0.2, 0.25) is 15.7 Å². The number of ether oxygens (including phenoxy) is 1. The molecule has 28 heavy (non-hydrogen) atoms. The third-order valence-corrected chi connectivity index (χ3v) is 6.54. The first-order valence-electron chi connectivity index (χ1n) is 8.12. The molecule has 2 atom stereocenters. The molecule has 0 aromatic heterocycles. The van der Waals surface area contributed by atoms with Crippen LogP contribution in [0.2, 0.25) is 5.02 Å². The van der Waals surface area contributed by atoms with Gasteiger partial charge in [0.25, 0.3) is 0 Å². The van der Waals surface area contributed by atoms with Crippen LogP contribution in [0.15, 0.2) is 47.4 Å². The van der Waals surface area contributed by atoms with Gasteiger partial charge in [-0.2, -0.15) is 4.31 Å². The minimum absolute atomic E-state index is 0.00696. The standard InChI is InChI=1S/C18H16ClFN2O5S/c1-21-16-7-4-13(8-15(16)20)27-17-9-22(10-18(17,24)11-23)28(25,26)14-5-2-12(19)3-6-14/h2-8,17,23-24H,9-11H2/t17-,18+/m0/s1. The average Bonchev–Trinajstić information content (AvgIpc) is 3.00. The van der Waals surface area contributed by atoms with E-state index in [0.717, 1.165) is 10.4 Å². The van der Waals surface area contributed by atoms with Gasteiger partial charge in [-0.15, -0.1) is 0 Å². The lowest BCUT2D eigenvalue weighted by Gasteiger charge is -2.27. The third-order valence-electron chi connectivity index (χ3n) is 4.46.